The van der Waals surface area contributed by atoms with E-state index in [2.05, 4.69) is 20.8 Å². The van der Waals surface area contributed by atoms with E-state index in [-0.39, 0.29) is 12.2 Å². The predicted molar refractivity (Wildman–Crippen MR) is 80.1 cm³/mol. The second-order valence-corrected chi connectivity index (χ2v) is 5.01. The van der Waals surface area contributed by atoms with Gasteiger partial charge in [-0.25, -0.2) is 4.39 Å². The Bertz CT molecular complexity index is 714. The third-order valence-electron chi connectivity index (χ3n) is 3.06. The second kappa shape index (κ2) is 7.48. The first-order valence-corrected chi connectivity index (χ1v) is 7.10. The van der Waals surface area contributed by atoms with Crippen LogP contribution in [0.5, 0.6) is 0 Å². The number of benzene rings is 1. The van der Waals surface area contributed by atoms with E-state index in [1.807, 2.05) is 0 Å². The third-order valence-corrected chi connectivity index (χ3v) is 3.06. The molecule has 23 heavy (non-hydrogen) atoms. The maximum absolute atomic E-state index is 13.4. The van der Waals surface area contributed by atoms with E-state index in [0.29, 0.717) is 30.1 Å². The van der Waals surface area contributed by atoms with Crippen LogP contribution < -0.4 is 10.6 Å². The Labute approximate surface area is 132 Å². The van der Waals surface area contributed by atoms with Gasteiger partial charge in [0, 0.05) is 18.7 Å². The number of carbonyl (C=O) groups excluding carboxylic acids is 2. The Morgan fingerprint density at radius 3 is 2.70 bits per heavy atom. The fourth-order valence-electron chi connectivity index (χ4n) is 1.82. The smallest absolute Gasteiger partial charge is 0.313 e. The first kappa shape index (κ1) is 16.6. The number of nitrogens with one attached hydrogen (secondary N) is 2. The van der Waals surface area contributed by atoms with Gasteiger partial charge < -0.3 is 15.2 Å². The minimum Gasteiger partial charge on any atom is -0.348 e. The van der Waals surface area contributed by atoms with Crippen LogP contribution in [0.15, 0.2) is 22.7 Å². The van der Waals surface area contributed by atoms with Crippen molar-refractivity contribution >= 4 is 17.5 Å². The zero-order chi connectivity index (χ0) is 16.8. The molecular weight excluding hydrogens is 303 g/mol. The summed E-state index contributed by atoms with van der Waals surface area (Å²) in [5.41, 5.74) is 0.693. The van der Waals surface area contributed by atoms with Crippen molar-refractivity contribution in [3.8, 4) is 0 Å². The summed E-state index contributed by atoms with van der Waals surface area (Å²) < 4.78 is 18.3. The van der Waals surface area contributed by atoms with Crippen LogP contribution in [0.4, 0.5) is 10.1 Å². The highest BCUT2D eigenvalue weighted by Gasteiger charge is 2.14. The molecule has 7 nitrogen and oxygen atoms in total. The van der Waals surface area contributed by atoms with Crippen molar-refractivity contribution in [3.63, 3.8) is 0 Å². The van der Waals surface area contributed by atoms with Crippen molar-refractivity contribution in [1.29, 1.82) is 0 Å². The maximum atomic E-state index is 13.4. The molecule has 0 saturated heterocycles. The summed E-state index contributed by atoms with van der Waals surface area (Å²) >= 11 is 0. The minimum absolute atomic E-state index is 0.231. The van der Waals surface area contributed by atoms with Gasteiger partial charge in [-0.3, -0.25) is 9.59 Å². The van der Waals surface area contributed by atoms with Crippen LogP contribution in [0.3, 0.4) is 0 Å². The highest BCUT2D eigenvalue weighted by molar-refractivity contribution is 6.39. The lowest BCUT2D eigenvalue weighted by molar-refractivity contribution is -0.136. The highest BCUT2D eigenvalue weighted by Crippen LogP contribution is 2.13. The standard InChI is InChI=1S/C15H17FN4O3/c1-9-5-6-11(8-12(9)16)19-15(22)14(21)17-7-3-4-13-18-10(2)20-23-13/h5-6,8H,3-4,7H2,1-2H3,(H,17,21)(H,19,22). The van der Waals surface area contributed by atoms with Gasteiger partial charge in [-0.1, -0.05) is 11.2 Å². The Morgan fingerprint density at radius 1 is 1.26 bits per heavy atom. The summed E-state index contributed by atoms with van der Waals surface area (Å²) in [6.07, 6.45) is 1.06. The van der Waals surface area contributed by atoms with Crippen molar-refractivity contribution in [2.24, 2.45) is 0 Å². The van der Waals surface area contributed by atoms with Crippen LogP contribution in [0.2, 0.25) is 0 Å². The number of carbonyl (C=O) groups is 2. The number of nitrogens with zero attached hydrogens (tertiary/aromatic N) is 2. The Hall–Kier alpha value is -2.77. The van der Waals surface area contributed by atoms with Crippen LogP contribution in [0.1, 0.15) is 23.7 Å². The highest BCUT2D eigenvalue weighted by atomic mass is 19.1. The van der Waals surface area contributed by atoms with Crippen molar-refractivity contribution in [3.05, 3.63) is 41.3 Å². The number of anilines is 1. The van der Waals surface area contributed by atoms with Crippen LogP contribution >= 0.6 is 0 Å². The summed E-state index contributed by atoms with van der Waals surface area (Å²) in [6.45, 7) is 3.61. The molecule has 8 heteroatoms. The molecule has 1 aromatic carbocycles. The third kappa shape index (κ3) is 4.87. The predicted octanol–water partition coefficient (Wildman–Crippen LogP) is 1.51. The number of hydrogen-bond acceptors (Lipinski definition) is 5. The van der Waals surface area contributed by atoms with Gasteiger partial charge in [0.1, 0.15) is 5.82 Å². The second-order valence-electron chi connectivity index (χ2n) is 5.01. The van der Waals surface area contributed by atoms with Crippen LogP contribution in [-0.2, 0) is 16.0 Å². The summed E-state index contributed by atoms with van der Waals surface area (Å²) in [6, 6.07) is 4.22. The van der Waals surface area contributed by atoms with Gasteiger partial charge in [-0.05, 0) is 38.0 Å². The molecule has 0 saturated carbocycles. The number of amides is 2. The molecular formula is C15H17FN4O3. The molecule has 0 aliphatic carbocycles. The van der Waals surface area contributed by atoms with E-state index in [9.17, 15) is 14.0 Å². The molecule has 0 fully saturated rings. The Balaban J connectivity index is 1.74. The topological polar surface area (TPSA) is 97.1 Å². The summed E-state index contributed by atoms with van der Waals surface area (Å²) in [5.74, 6) is -1.04. The van der Waals surface area contributed by atoms with E-state index in [4.69, 9.17) is 4.52 Å². The molecule has 2 aromatic rings. The fourth-order valence-corrected chi connectivity index (χ4v) is 1.82. The molecule has 0 radical (unpaired) electrons. The molecule has 2 N–H and O–H groups in total. The fraction of sp³-hybridized carbons (Fsp3) is 0.333. The number of aryl methyl sites for hydroxylation is 3. The van der Waals surface area contributed by atoms with Crippen LogP contribution in [-0.4, -0.2) is 28.5 Å². The SMILES string of the molecule is Cc1noc(CCCNC(=O)C(=O)Nc2ccc(C)c(F)c2)n1. The lowest BCUT2D eigenvalue weighted by Crippen LogP contribution is -2.36. The molecule has 1 heterocycles. The number of hydrogen-bond donors (Lipinski definition) is 2. The van der Waals surface area contributed by atoms with Crippen molar-refractivity contribution in [1.82, 2.24) is 15.5 Å². The van der Waals surface area contributed by atoms with Gasteiger partial charge in [0.2, 0.25) is 5.89 Å². The first-order chi connectivity index (χ1) is 11.0. The lowest BCUT2D eigenvalue weighted by Gasteiger charge is -2.07. The van der Waals surface area contributed by atoms with Crippen molar-refractivity contribution in [2.45, 2.75) is 26.7 Å². The van der Waals surface area contributed by atoms with Crippen LogP contribution in [0, 0.1) is 19.7 Å². The van der Waals surface area contributed by atoms with Gasteiger partial charge >= 0.3 is 11.8 Å². The van der Waals surface area contributed by atoms with E-state index in [1.54, 1.807) is 13.8 Å². The quantitative estimate of drug-likeness (QED) is 0.643. The van der Waals surface area contributed by atoms with Gasteiger partial charge in [0.15, 0.2) is 5.82 Å². The molecule has 0 aliphatic rings. The molecule has 2 amide bonds. The monoisotopic (exact) mass is 320 g/mol. The first-order valence-electron chi connectivity index (χ1n) is 7.10. The maximum Gasteiger partial charge on any atom is 0.313 e. The van der Waals surface area contributed by atoms with Gasteiger partial charge in [0.05, 0.1) is 0 Å². The summed E-state index contributed by atoms with van der Waals surface area (Å²) in [7, 11) is 0. The van der Waals surface area contributed by atoms with Crippen LogP contribution in [0.25, 0.3) is 0 Å². The molecule has 1 aromatic heterocycles. The summed E-state index contributed by atoms with van der Waals surface area (Å²) in [4.78, 5) is 27.4. The average Bonchev–Trinajstić information content (AvgIpc) is 2.92. The molecule has 2 rings (SSSR count). The molecule has 0 spiro atoms. The van der Waals surface area contributed by atoms with E-state index < -0.39 is 17.6 Å². The number of rotatable bonds is 5. The molecule has 0 bridgehead atoms. The molecule has 122 valence electrons. The largest absolute Gasteiger partial charge is 0.348 e. The normalized spacial score (nSPS) is 10.4. The van der Waals surface area contributed by atoms with E-state index >= 15 is 0 Å². The zero-order valence-electron chi connectivity index (χ0n) is 12.9. The van der Waals surface area contributed by atoms with Crippen molar-refractivity contribution in [2.75, 3.05) is 11.9 Å². The zero-order valence-corrected chi connectivity index (χ0v) is 12.9. The van der Waals surface area contributed by atoms with E-state index in [1.165, 1.54) is 18.2 Å². The molecule has 0 unspecified atom stereocenters. The number of aromatic nitrogens is 2. The summed E-state index contributed by atoms with van der Waals surface area (Å²) in [5, 5.41) is 8.46. The average molecular weight is 320 g/mol. The molecule has 0 atom stereocenters. The Morgan fingerprint density at radius 2 is 2.04 bits per heavy atom. The van der Waals surface area contributed by atoms with E-state index in [0.717, 1.165) is 0 Å². The lowest BCUT2D eigenvalue weighted by atomic mass is 10.2. The van der Waals surface area contributed by atoms with Crippen molar-refractivity contribution < 1.29 is 18.5 Å². The minimum atomic E-state index is -0.845. The van der Waals surface area contributed by atoms with Gasteiger partial charge in [-0.15, -0.1) is 0 Å². The Kier molecular flexibility index (Phi) is 5.40. The molecule has 0 aliphatic heterocycles. The van der Waals surface area contributed by atoms with Gasteiger partial charge in [0.25, 0.3) is 0 Å². The number of halogens is 1. The van der Waals surface area contributed by atoms with Gasteiger partial charge in [-0.2, -0.15) is 4.98 Å².